The lowest BCUT2D eigenvalue weighted by Gasteiger charge is -2.37. The Morgan fingerprint density at radius 1 is 0.667 bits per heavy atom. The zero-order valence-electron chi connectivity index (χ0n) is 22.8. The number of rotatable bonds is 12. The number of hydroxylamine groups is 4. The molecule has 3 aliphatic heterocycles. The summed E-state index contributed by atoms with van der Waals surface area (Å²) in [6.45, 7) is 7.50. The van der Waals surface area contributed by atoms with Crippen molar-refractivity contribution in [2.45, 2.75) is 109 Å². The fourth-order valence-corrected chi connectivity index (χ4v) is 4.58. The second-order valence-corrected chi connectivity index (χ2v) is 9.83. The van der Waals surface area contributed by atoms with Crippen LogP contribution in [-0.4, -0.2) is 128 Å². The zero-order valence-corrected chi connectivity index (χ0v) is 22.8. The molecular weight excluding hydrogens is 524 g/mol. The van der Waals surface area contributed by atoms with Gasteiger partial charge in [0, 0.05) is 0 Å². The first-order valence-electron chi connectivity index (χ1n) is 13.1. The Labute approximate surface area is 225 Å². The van der Waals surface area contributed by atoms with Crippen LogP contribution in [0.1, 0.15) is 73.1 Å². The van der Waals surface area contributed by atoms with E-state index in [2.05, 4.69) is 0 Å². The highest BCUT2D eigenvalue weighted by Gasteiger charge is 2.70. The SMILES string of the molecule is CCCCON1C(=O)N(N2C(=O)N(N3C(=O)N(OCCCC)C(O)(CC)C3O)C(C)(O)C2O)C(O)C1(O)CC. The molecular formula is C22H40N6O11. The summed E-state index contributed by atoms with van der Waals surface area (Å²) in [6.07, 6.45) is -4.77. The molecule has 6 atom stereocenters. The van der Waals surface area contributed by atoms with E-state index in [1.807, 2.05) is 13.8 Å². The van der Waals surface area contributed by atoms with Crippen LogP contribution in [0.5, 0.6) is 0 Å². The highest BCUT2D eigenvalue weighted by molar-refractivity contribution is 5.87. The van der Waals surface area contributed by atoms with Gasteiger partial charge in [-0.1, -0.05) is 40.5 Å². The topological polar surface area (TPSA) is 210 Å². The molecule has 3 rings (SSSR count). The molecule has 3 saturated heterocycles. The first-order chi connectivity index (χ1) is 18.2. The number of aliphatic hydroxyl groups excluding tert-OH is 3. The van der Waals surface area contributed by atoms with Crippen LogP contribution >= 0.6 is 0 Å². The lowest BCUT2D eigenvalue weighted by Crippen LogP contribution is -2.61. The summed E-state index contributed by atoms with van der Waals surface area (Å²) in [5.41, 5.74) is -7.41. The van der Waals surface area contributed by atoms with Crippen molar-refractivity contribution in [1.82, 2.24) is 30.2 Å². The van der Waals surface area contributed by atoms with Crippen molar-refractivity contribution in [3.8, 4) is 0 Å². The Bertz CT molecular complexity index is 942. The third-order valence-corrected chi connectivity index (χ3v) is 7.18. The van der Waals surface area contributed by atoms with Gasteiger partial charge in [-0.3, -0.25) is 9.68 Å². The lowest BCUT2D eigenvalue weighted by atomic mass is 10.1. The molecule has 0 aromatic heterocycles. The van der Waals surface area contributed by atoms with Crippen LogP contribution in [0.15, 0.2) is 0 Å². The quantitative estimate of drug-likeness (QED) is 0.164. The summed E-state index contributed by atoms with van der Waals surface area (Å²) >= 11 is 0. The molecule has 3 aliphatic rings. The van der Waals surface area contributed by atoms with Gasteiger partial charge in [0.25, 0.3) is 0 Å². The van der Waals surface area contributed by atoms with E-state index in [1.165, 1.54) is 13.8 Å². The number of carbonyl (C=O) groups excluding carboxylic acids is 3. The molecule has 0 aromatic rings. The summed E-state index contributed by atoms with van der Waals surface area (Å²) in [6, 6.07) is -3.93. The minimum Gasteiger partial charge on any atom is -0.368 e. The van der Waals surface area contributed by atoms with Crippen molar-refractivity contribution in [2.75, 3.05) is 13.2 Å². The molecule has 0 spiro atoms. The van der Waals surface area contributed by atoms with Crippen molar-refractivity contribution in [2.24, 2.45) is 0 Å². The average molecular weight is 565 g/mol. The summed E-state index contributed by atoms with van der Waals surface area (Å²) < 4.78 is 0. The molecule has 6 N–H and O–H groups in total. The van der Waals surface area contributed by atoms with E-state index in [4.69, 9.17) is 9.68 Å². The monoisotopic (exact) mass is 564 g/mol. The first-order valence-corrected chi connectivity index (χ1v) is 13.1. The minimum absolute atomic E-state index is 0.0105. The largest absolute Gasteiger partial charge is 0.368 e. The average Bonchev–Trinajstić information content (AvgIpc) is 3.28. The predicted octanol–water partition coefficient (Wildman–Crippen LogP) is -0.646. The Hall–Kier alpha value is -2.51. The van der Waals surface area contributed by atoms with Gasteiger partial charge >= 0.3 is 18.1 Å². The molecule has 0 saturated carbocycles. The van der Waals surface area contributed by atoms with E-state index in [0.717, 1.165) is 6.92 Å². The molecule has 3 fully saturated rings. The third-order valence-electron chi connectivity index (χ3n) is 7.18. The van der Waals surface area contributed by atoms with Crippen LogP contribution in [0.3, 0.4) is 0 Å². The van der Waals surface area contributed by atoms with Gasteiger partial charge in [0.1, 0.15) is 0 Å². The number of hydrazine groups is 2. The summed E-state index contributed by atoms with van der Waals surface area (Å²) in [4.78, 5) is 51.0. The van der Waals surface area contributed by atoms with Crippen LogP contribution < -0.4 is 0 Å². The molecule has 0 aromatic carbocycles. The van der Waals surface area contributed by atoms with Crippen molar-refractivity contribution in [1.29, 1.82) is 0 Å². The third kappa shape index (κ3) is 4.55. The molecule has 17 nitrogen and oxygen atoms in total. The van der Waals surface area contributed by atoms with Gasteiger partial charge in [0.05, 0.1) is 13.2 Å². The molecule has 224 valence electrons. The van der Waals surface area contributed by atoms with E-state index >= 15 is 0 Å². The Morgan fingerprint density at radius 3 is 1.46 bits per heavy atom. The molecule has 17 heteroatoms. The standard InChI is InChI=1S/C22H40N6O11/c1-6-10-12-38-27-18(33)24(15(30)21(27,36)8-3)23-14(29)20(5,35)26(17(23)32)25-16(31)22(37,9-4)28(19(25)34)39-13-11-7-2/h14-16,29-31,35-37H,6-13H2,1-5H3. The van der Waals surface area contributed by atoms with Gasteiger partial charge < -0.3 is 30.6 Å². The minimum atomic E-state index is -2.71. The summed E-state index contributed by atoms with van der Waals surface area (Å²) in [7, 11) is 0. The van der Waals surface area contributed by atoms with Crippen molar-refractivity contribution >= 4 is 18.1 Å². The zero-order chi connectivity index (χ0) is 29.5. The van der Waals surface area contributed by atoms with Gasteiger partial charge in [0.15, 0.2) is 0 Å². The van der Waals surface area contributed by atoms with E-state index in [9.17, 15) is 45.0 Å². The van der Waals surface area contributed by atoms with Crippen LogP contribution in [0.4, 0.5) is 14.4 Å². The fraction of sp³-hybridized carbons (Fsp3) is 0.864. The van der Waals surface area contributed by atoms with Gasteiger partial charge in [0.2, 0.25) is 35.9 Å². The number of hydrogen-bond acceptors (Lipinski definition) is 11. The number of amides is 6. The normalized spacial score (nSPS) is 35.5. The fourth-order valence-electron chi connectivity index (χ4n) is 4.58. The van der Waals surface area contributed by atoms with E-state index in [-0.39, 0.29) is 36.1 Å². The molecule has 0 bridgehead atoms. The number of nitrogens with zero attached hydrogens (tertiary/aromatic N) is 6. The molecule has 3 heterocycles. The van der Waals surface area contributed by atoms with Crippen LogP contribution in [0.25, 0.3) is 0 Å². The number of unbranched alkanes of at least 4 members (excludes halogenated alkanes) is 2. The Morgan fingerprint density at radius 2 is 1.05 bits per heavy atom. The number of aliphatic hydroxyl groups is 6. The highest BCUT2D eigenvalue weighted by Crippen LogP contribution is 2.43. The van der Waals surface area contributed by atoms with Crippen molar-refractivity contribution < 1.29 is 54.7 Å². The number of hydrogen-bond donors (Lipinski definition) is 6. The Kier molecular flexibility index (Phi) is 8.88. The summed E-state index contributed by atoms with van der Waals surface area (Å²) in [5, 5.41) is 68.3. The molecule has 6 unspecified atom stereocenters. The molecule has 0 radical (unpaired) electrons. The van der Waals surface area contributed by atoms with E-state index in [0.29, 0.717) is 45.8 Å². The van der Waals surface area contributed by atoms with Gasteiger partial charge in [-0.15, -0.1) is 0 Å². The summed E-state index contributed by atoms with van der Waals surface area (Å²) in [5.74, 6) is 0. The smallest absolute Gasteiger partial charge is 0.368 e. The van der Waals surface area contributed by atoms with E-state index < -0.39 is 54.0 Å². The maximum atomic E-state index is 13.7. The molecule has 39 heavy (non-hydrogen) atoms. The van der Waals surface area contributed by atoms with Gasteiger partial charge in [-0.2, -0.15) is 30.2 Å². The van der Waals surface area contributed by atoms with Crippen molar-refractivity contribution in [3.63, 3.8) is 0 Å². The van der Waals surface area contributed by atoms with Crippen molar-refractivity contribution in [3.05, 3.63) is 0 Å². The Balaban J connectivity index is 1.99. The first kappa shape index (κ1) is 31.0. The van der Waals surface area contributed by atoms with Crippen LogP contribution in [0.2, 0.25) is 0 Å². The number of urea groups is 3. The second kappa shape index (κ2) is 11.2. The van der Waals surface area contributed by atoms with E-state index in [1.54, 1.807) is 0 Å². The van der Waals surface area contributed by atoms with Gasteiger partial charge in [-0.05, 0) is 32.6 Å². The van der Waals surface area contributed by atoms with Crippen LogP contribution in [0, 0.1) is 0 Å². The molecule has 6 amide bonds. The highest BCUT2D eigenvalue weighted by atomic mass is 16.7. The van der Waals surface area contributed by atoms with Crippen LogP contribution in [-0.2, 0) is 9.68 Å². The maximum Gasteiger partial charge on any atom is 0.368 e. The second-order valence-electron chi connectivity index (χ2n) is 9.83. The molecule has 0 aliphatic carbocycles. The maximum absolute atomic E-state index is 13.7. The van der Waals surface area contributed by atoms with Gasteiger partial charge in [-0.25, -0.2) is 14.4 Å². The lowest BCUT2D eigenvalue weighted by molar-refractivity contribution is -0.287. The number of carbonyl (C=O) groups is 3. The predicted molar refractivity (Wildman–Crippen MR) is 128 cm³/mol.